The van der Waals surface area contributed by atoms with Crippen LogP contribution < -0.4 is 4.90 Å². The van der Waals surface area contributed by atoms with Gasteiger partial charge in [0.25, 0.3) is 0 Å². The summed E-state index contributed by atoms with van der Waals surface area (Å²) in [7, 11) is 0. The van der Waals surface area contributed by atoms with Crippen LogP contribution in [0.15, 0.2) is 110 Å². The van der Waals surface area contributed by atoms with Crippen molar-refractivity contribution in [2.45, 2.75) is 0 Å². The molecule has 5 aromatic rings. The molecule has 0 amide bonds. The normalized spacial score (nSPS) is 11.5. The number of halogens is 2. The molecule has 0 unspecified atom stereocenters. The van der Waals surface area contributed by atoms with Gasteiger partial charge in [-0.1, -0.05) is 54.6 Å². The molecule has 0 saturated carbocycles. The zero-order chi connectivity index (χ0) is 28.1. The maximum atomic E-state index is 11.2. The van der Waals surface area contributed by atoms with E-state index in [4.69, 9.17) is 10.4 Å². The number of nitrogens with zero attached hydrogens (tertiary/aromatic N) is 2. The lowest BCUT2D eigenvalue weighted by Gasteiger charge is -2.25. The SMILES string of the molecule is N#C/C(=C\c1ccc(-c2ccc(N(c3ccccc3)c3ccc(/C=C/c4cc(Br)sc4Br)cc3)cc2)s1)C(=O)O. The zero-order valence-electron chi connectivity index (χ0n) is 20.8. The Balaban J connectivity index is 1.42. The van der Waals surface area contributed by atoms with Gasteiger partial charge in [0, 0.05) is 32.4 Å². The lowest BCUT2D eigenvalue weighted by atomic mass is 10.1. The molecule has 0 fully saturated rings. The molecule has 0 aliphatic heterocycles. The van der Waals surface area contributed by atoms with Crippen LogP contribution in [0.4, 0.5) is 17.1 Å². The monoisotopic (exact) mass is 686 g/mol. The van der Waals surface area contributed by atoms with E-state index in [2.05, 4.69) is 116 Å². The van der Waals surface area contributed by atoms with Gasteiger partial charge in [-0.15, -0.1) is 22.7 Å². The molecule has 5 rings (SSSR count). The molecule has 0 bridgehead atoms. The van der Waals surface area contributed by atoms with E-state index in [1.54, 1.807) is 17.4 Å². The second-order valence-electron chi connectivity index (χ2n) is 8.60. The van der Waals surface area contributed by atoms with Crippen molar-refractivity contribution in [3.05, 3.63) is 126 Å². The largest absolute Gasteiger partial charge is 0.477 e. The van der Waals surface area contributed by atoms with Crippen molar-refractivity contribution in [2.75, 3.05) is 4.90 Å². The van der Waals surface area contributed by atoms with Crippen LogP contribution in [0.5, 0.6) is 0 Å². The first kappa shape index (κ1) is 27.8. The van der Waals surface area contributed by atoms with Crippen LogP contribution >= 0.6 is 54.5 Å². The predicted octanol–water partition coefficient (Wildman–Crippen LogP) is 10.6. The summed E-state index contributed by atoms with van der Waals surface area (Å²) in [5, 5.41) is 18.2. The van der Waals surface area contributed by atoms with E-state index in [0.29, 0.717) is 0 Å². The molecule has 0 radical (unpaired) electrons. The molecule has 8 heteroatoms. The van der Waals surface area contributed by atoms with Gasteiger partial charge in [-0.25, -0.2) is 4.79 Å². The molecular weight excluding hydrogens is 668 g/mol. The number of benzene rings is 3. The number of hydrogen-bond acceptors (Lipinski definition) is 5. The van der Waals surface area contributed by atoms with Gasteiger partial charge in [0.2, 0.25) is 0 Å². The topological polar surface area (TPSA) is 64.3 Å². The van der Waals surface area contributed by atoms with E-state index in [9.17, 15) is 4.79 Å². The summed E-state index contributed by atoms with van der Waals surface area (Å²) < 4.78 is 2.18. The van der Waals surface area contributed by atoms with Crippen LogP contribution in [0.2, 0.25) is 0 Å². The average molecular weight is 688 g/mol. The Morgan fingerprint density at radius 2 is 1.48 bits per heavy atom. The van der Waals surface area contributed by atoms with Gasteiger partial charge in [0.05, 0.1) is 7.57 Å². The van der Waals surface area contributed by atoms with Gasteiger partial charge >= 0.3 is 5.97 Å². The number of para-hydroxylation sites is 1. The highest BCUT2D eigenvalue weighted by molar-refractivity contribution is 9.12. The Kier molecular flexibility index (Phi) is 8.78. The molecule has 3 aromatic carbocycles. The standard InChI is InChI=1S/C32H20Br2N2O2S2/c33-30-19-23(31(34)40-30)9-6-21-7-12-26(13-8-21)36(25-4-2-1-3-5-25)27-14-10-22(11-15-27)29-17-16-28(39-29)18-24(20-35)32(37)38/h1-19H,(H,37,38)/b9-6+,24-18+. The van der Waals surface area contributed by atoms with E-state index < -0.39 is 5.97 Å². The fourth-order valence-corrected chi connectivity index (χ4v) is 7.77. The van der Waals surface area contributed by atoms with Crippen molar-refractivity contribution >= 4 is 95.8 Å². The predicted molar refractivity (Wildman–Crippen MR) is 174 cm³/mol. The van der Waals surface area contributed by atoms with Crippen LogP contribution in [-0.4, -0.2) is 11.1 Å². The first-order valence-corrected chi connectivity index (χ1v) is 15.3. The van der Waals surface area contributed by atoms with Crippen LogP contribution in [0.25, 0.3) is 28.7 Å². The molecule has 0 aliphatic carbocycles. The number of carbonyl (C=O) groups is 1. The lowest BCUT2D eigenvalue weighted by molar-refractivity contribution is -0.132. The second-order valence-corrected chi connectivity index (χ2v) is 13.5. The van der Waals surface area contributed by atoms with Crippen molar-refractivity contribution in [3.63, 3.8) is 0 Å². The molecule has 0 saturated heterocycles. The first-order chi connectivity index (χ1) is 19.4. The minimum absolute atomic E-state index is 0.281. The molecule has 40 heavy (non-hydrogen) atoms. The third-order valence-corrected chi connectivity index (χ3v) is 9.45. The van der Waals surface area contributed by atoms with E-state index >= 15 is 0 Å². The summed E-state index contributed by atoms with van der Waals surface area (Å²) in [6.45, 7) is 0. The van der Waals surface area contributed by atoms with Crippen molar-refractivity contribution in [3.8, 4) is 16.5 Å². The van der Waals surface area contributed by atoms with Crippen LogP contribution in [0.3, 0.4) is 0 Å². The molecule has 0 atom stereocenters. The average Bonchev–Trinajstić information content (AvgIpc) is 3.57. The summed E-state index contributed by atoms with van der Waals surface area (Å²) in [4.78, 5) is 15.1. The minimum Gasteiger partial charge on any atom is -0.477 e. The molecule has 0 spiro atoms. The Morgan fingerprint density at radius 1 is 0.825 bits per heavy atom. The number of thiophene rings is 2. The van der Waals surface area contributed by atoms with Crippen molar-refractivity contribution in [1.29, 1.82) is 5.26 Å². The van der Waals surface area contributed by atoms with E-state index in [1.165, 1.54) is 17.4 Å². The van der Waals surface area contributed by atoms with Crippen molar-refractivity contribution in [2.24, 2.45) is 0 Å². The summed E-state index contributed by atoms with van der Waals surface area (Å²) in [5.41, 5.74) is 6.07. The first-order valence-electron chi connectivity index (χ1n) is 12.0. The highest BCUT2D eigenvalue weighted by atomic mass is 79.9. The van der Waals surface area contributed by atoms with Crippen molar-refractivity contribution < 1.29 is 9.90 Å². The third-order valence-electron chi connectivity index (χ3n) is 5.98. The molecule has 2 aromatic heterocycles. The summed E-state index contributed by atoms with van der Waals surface area (Å²) in [5.74, 6) is -1.23. The zero-order valence-corrected chi connectivity index (χ0v) is 25.6. The van der Waals surface area contributed by atoms with Crippen LogP contribution in [0.1, 0.15) is 16.0 Å². The maximum absolute atomic E-state index is 11.2. The number of nitriles is 1. The molecule has 1 N–H and O–H groups in total. The van der Waals surface area contributed by atoms with Gasteiger partial charge in [-0.3, -0.25) is 0 Å². The fraction of sp³-hybridized carbons (Fsp3) is 0. The third kappa shape index (κ3) is 6.52. The fourth-order valence-electron chi connectivity index (χ4n) is 4.06. The van der Waals surface area contributed by atoms with Gasteiger partial charge in [-0.05, 0) is 104 Å². The number of anilines is 3. The van der Waals surface area contributed by atoms with E-state index in [1.807, 2.05) is 30.3 Å². The number of carboxylic acids is 1. The number of rotatable bonds is 8. The highest BCUT2D eigenvalue weighted by Crippen LogP contribution is 2.37. The highest BCUT2D eigenvalue weighted by Gasteiger charge is 2.13. The van der Waals surface area contributed by atoms with Gasteiger partial charge in [0.15, 0.2) is 0 Å². The van der Waals surface area contributed by atoms with Crippen LogP contribution in [-0.2, 0) is 4.79 Å². The van der Waals surface area contributed by atoms with Gasteiger partial charge in [-0.2, -0.15) is 5.26 Å². The number of hydrogen-bond donors (Lipinski definition) is 1. The molecular formula is C32H20Br2N2O2S2. The lowest BCUT2D eigenvalue weighted by Crippen LogP contribution is -2.09. The smallest absolute Gasteiger partial charge is 0.346 e. The molecule has 4 nitrogen and oxygen atoms in total. The van der Waals surface area contributed by atoms with E-state index in [-0.39, 0.29) is 5.57 Å². The maximum Gasteiger partial charge on any atom is 0.346 e. The Hall–Kier alpha value is -3.74. The summed E-state index contributed by atoms with van der Waals surface area (Å²) in [6.07, 6.45) is 5.60. The number of aliphatic carboxylic acids is 1. The molecule has 0 aliphatic rings. The van der Waals surface area contributed by atoms with Crippen molar-refractivity contribution in [1.82, 2.24) is 0 Å². The van der Waals surface area contributed by atoms with Crippen LogP contribution in [0, 0.1) is 11.3 Å². The summed E-state index contributed by atoms with van der Waals surface area (Å²) in [6, 6.07) is 34.5. The van der Waals surface area contributed by atoms with Gasteiger partial charge in [0.1, 0.15) is 11.6 Å². The van der Waals surface area contributed by atoms with Gasteiger partial charge < -0.3 is 10.0 Å². The Bertz CT molecular complexity index is 1750. The Labute approximate surface area is 257 Å². The minimum atomic E-state index is -1.23. The molecule has 196 valence electrons. The molecule has 2 heterocycles. The number of carboxylic acid groups (broad SMARTS) is 1. The second kappa shape index (κ2) is 12.6. The quantitative estimate of drug-likeness (QED) is 0.130. The Morgan fingerprint density at radius 3 is 2.08 bits per heavy atom. The summed E-state index contributed by atoms with van der Waals surface area (Å²) >= 11 is 10.2. The van der Waals surface area contributed by atoms with E-state index in [0.717, 1.165) is 51.1 Å².